The molecule has 2 rings (SSSR count). The fraction of sp³-hybridized carbons (Fsp3) is 0.333. The molecule has 10 heteroatoms. The summed E-state index contributed by atoms with van der Waals surface area (Å²) in [6, 6.07) is 0. The minimum absolute atomic E-state index is 0.0331. The van der Waals surface area contributed by atoms with Crippen molar-refractivity contribution >= 4 is 25.0 Å². The van der Waals surface area contributed by atoms with Gasteiger partial charge in [-0.05, 0) is 0 Å². The quantitative estimate of drug-likeness (QED) is 0.779. The molecule has 2 aromatic heterocycles. The first kappa shape index (κ1) is 13.5. The van der Waals surface area contributed by atoms with E-state index in [4.69, 9.17) is 10.5 Å². The van der Waals surface area contributed by atoms with Gasteiger partial charge in [-0.25, -0.2) is 0 Å². The summed E-state index contributed by atoms with van der Waals surface area (Å²) in [5.74, 6) is 1.95. The van der Waals surface area contributed by atoms with Crippen LogP contribution < -0.4 is 11.3 Å². The fourth-order valence-electron chi connectivity index (χ4n) is 1.54. The Hall–Kier alpha value is -1.95. The number of aromatic amines is 1. The number of nitrogens with zero attached hydrogens (tertiary/aromatic N) is 3. The molecule has 0 aromatic carbocycles. The Morgan fingerprint density at radius 2 is 2.47 bits per heavy atom. The number of nitrogens with one attached hydrogen (secondary N) is 1. The van der Waals surface area contributed by atoms with Gasteiger partial charge >= 0.3 is 106 Å². The molecule has 2 aromatic rings. The molecule has 2 heterocycles. The maximum absolute atomic E-state index is 12.7. The van der Waals surface area contributed by atoms with Crippen molar-refractivity contribution in [3.8, 4) is 5.81 Å². The van der Waals surface area contributed by atoms with Gasteiger partial charge in [-0.1, -0.05) is 0 Å². The molecule has 3 N–H and O–H groups in total. The molecular weight excluding hydrogens is 276 g/mol. The van der Waals surface area contributed by atoms with Crippen LogP contribution in [0, 0.1) is 5.81 Å². The molecular formula is C9H9FN5O3P. The van der Waals surface area contributed by atoms with Crippen molar-refractivity contribution in [3.05, 3.63) is 16.7 Å². The molecule has 0 bridgehead atoms. The number of imidazole rings is 1. The van der Waals surface area contributed by atoms with Crippen molar-refractivity contribution in [2.24, 2.45) is 0 Å². The van der Waals surface area contributed by atoms with Crippen LogP contribution in [0.25, 0.3) is 11.2 Å². The number of H-pyrrole nitrogens is 1. The Labute approximate surface area is 106 Å². The van der Waals surface area contributed by atoms with Crippen molar-refractivity contribution in [2.75, 3.05) is 12.4 Å². The summed E-state index contributed by atoms with van der Waals surface area (Å²) in [7, 11) is -0.472. The summed E-state index contributed by atoms with van der Waals surface area (Å²) in [4.78, 5) is 21.6. The Morgan fingerprint density at radius 1 is 1.68 bits per heavy atom. The van der Waals surface area contributed by atoms with Crippen LogP contribution in [0.4, 0.5) is 10.3 Å². The second-order valence-electron chi connectivity index (χ2n) is 3.60. The van der Waals surface area contributed by atoms with E-state index < -0.39 is 26.3 Å². The third kappa shape index (κ3) is 2.90. The topological polar surface area (TPSA) is 116 Å². The van der Waals surface area contributed by atoms with E-state index in [0.717, 1.165) is 0 Å². The SMILES string of the molecule is Nc1nc2c(ncn2C[C@@H](CF)OC#P=O)c(=O)[nH]1. The van der Waals surface area contributed by atoms with Crippen molar-refractivity contribution in [1.82, 2.24) is 19.5 Å². The molecule has 1 atom stereocenters. The standard InChI is InChI=1S/C9H9FN5O3P/c10-1-5(18-4-19-17)2-15-3-12-6-7(15)13-9(11)14-8(6)16/h3,5H,1-2H2,(H3,11,13,14,16)/t5-/m1/s1. The summed E-state index contributed by atoms with van der Waals surface area (Å²) >= 11 is 0. The van der Waals surface area contributed by atoms with Crippen molar-refractivity contribution in [3.63, 3.8) is 0 Å². The van der Waals surface area contributed by atoms with E-state index in [2.05, 4.69) is 15.0 Å². The summed E-state index contributed by atoms with van der Waals surface area (Å²) in [5, 5.41) is 0. The number of aromatic nitrogens is 4. The molecule has 0 aliphatic heterocycles. The molecule has 0 fully saturated rings. The van der Waals surface area contributed by atoms with E-state index in [-0.39, 0.29) is 23.7 Å². The van der Waals surface area contributed by atoms with Crippen LogP contribution >= 0.6 is 7.92 Å². The van der Waals surface area contributed by atoms with Gasteiger partial charge in [-0.15, -0.1) is 0 Å². The van der Waals surface area contributed by atoms with E-state index in [1.54, 1.807) is 0 Å². The Balaban J connectivity index is 2.36. The maximum atomic E-state index is 12.7. The third-order valence-corrected chi connectivity index (χ3v) is 2.50. The molecule has 8 nitrogen and oxygen atoms in total. The van der Waals surface area contributed by atoms with Gasteiger partial charge in [0.2, 0.25) is 0 Å². The van der Waals surface area contributed by atoms with Crippen LogP contribution in [0.3, 0.4) is 0 Å². The summed E-state index contributed by atoms with van der Waals surface area (Å²) in [6.07, 6.45) is 0.425. The van der Waals surface area contributed by atoms with Crippen LogP contribution in [0.1, 0.15) is 0 Å². The van der Waals surface area contributed by atoms with Crippen molar-refractivity contribution < 1.29 is 13.7 Å². The molecule has 0 unspecified atom stereocenters. The van der Waals surface area contributed by atoms with E-state index in [0.29, 0.717) is 0 Å². The van der Waals surface area contributed by atoms with Crippen molar-refractivity contribution in [1.29, 1.82) is 0 Å². The first-order valence-corrected chi connectivity index (χ1v) is 5.96. The number of hydrogen-bond acceptors (Lipinski definition) is 6. The molecule has 19 heavy (non-hydrogen) atoms. The number of hydrogen-bond donors (Lipinski definition) is 2. The van der Waals surface area contributed by atoms with Gasteiger partial charge in [0.05, 0.1) is 0 Å². The second-order valence-corrected chi connectivity index (χ2v) is 3.96. The van der Waals surface area contributed by atoms with E-state index in [1.165, 1.54) is 10.9 Å². The average Bonchev–Trinajstić information content (AvgIpc) is 2.77. The number of anilines is 1. The molecule has 0 aliphatic rings. The predicted molar refractivity (Wildman–Crippen MR) is 64.9 cm³/mol. The Morgan fingerprint density at radius 3 is 3.16 bits per heavy atom. The van der Waals surface area contributed by atoms with Gasteiger partial charge in [0.1, 0.15) is 0 Å². The number of halogens is 1. The van der Waals surface area contributed by atoms with Gasteiger partial charge in [0.25, 0.3) is 0 Å². The number of ether oxygens (including phenoxy) is 1. The number of nitrogen functional groups attached to an aromatic ring is 1. The van der Waals surface area contributed by atoms with E-state index >= 15 is 0 Å². The molecule has 0 radical (unpaired) electrons. The first-order valence-electron chi connectivity index (χ1n) is 5.15. The molecule has 0 saturated heterocycles. The zero-order chi connectivity index (χ0) is 13.8. The monoisotopic (exact) mass is 285 g/mol. The minimum atomic E-state index is -0.902. The normalized spacial score (nSPS) is 12.3. The molecule has 0 amide bonds. The van der Waals surface area contributed by atoms with Crippen LogP contribution in [0.5, 0.6) is 0 Å². The Kier molecular flexibility index (Phi) is 4.11. The summed E-state index contributed by atoms with van der Waals surface area (Å²) < 4.78 is 29.1. The predicted octanol–water partition coefficient (Wildman–Crippen LogP) is 0.265. The zero-order valence-corrected chi connectivity index (χ0v) is 10.4. The summed E-state index contributed by atoms with van der Waals surface area (Å²) in [6.45, 7) is -0.785. The fourth-order valence-corrected chi connectivity index (χ4v) is 1.73. The van der Waals surface area contributed by atoms with Gasteiger partial charge in [-0.3, -0.25) is 0 Å². The van der Waals surface area contributed by atoms with Crippen molar-refractivity contribution in [2.45, 2.75) is 12.6 Å². The number of rotatable bonds is 4. The second kappa shape index (κ2) is 5.79. The van der Waals surface area contributed by atoms with Gasteiger partial charge in [0, 0.05) is 0 Å². The van der Waals surface area contributed by atoms with E-state index in [9.17, 15) is 13.8 Å². The molecule has 0 saturated carbocycles. The first-order chi connectivity index (χ1) is 9.15. The number of nitrogens with two attached hydrogens (primary N) is 1. The van der Waals surface area contributed by atoms with Crippen LogP contribution in [-0.2, 0) is 15.8 Å². The number of alkyl halides is 1. The molecule has 0 spiro atoms. The van der Waals surface area contributed by atoms with Crippen LogP contribution in [0.2, 0.25) is 0 Å². The van der Waals surface area contributed by atoms with Gasteiger partial charge in [0.15, 0.2) is 0 Å². The zero-order valence-electron chi connectivity index (χ0n) is 9.54. The molecule has 100 valence electrons. The molecule has 0 aliphatic carbocycles. The van der Waals surface area contributed by atoms with Gasteiger partial charge in [-0.2, -0.15) is 0 Å². The average molecular weight is 285 g/mol. The number of fused-ring (bicyclic) bond motifs is 1. The van der Waals surface area contributed by atoms with E-state index in [1.807, 2.05) is 5.81 Å². The van der Waals surface area contributed by atoms with Gasteiger partial charge < -0.3 is 0 Å². The van der Waals surface area contributed by atoms with Crippen LogP contribution in [-0.4, -0.2) is 32.3 Å². The summed E-state index contributed by atoms with van der Waals surface area (Å²) in [5.41, 5.74) is 5.28. The van der Waals surface area contributed by atoms with Crippen LogP contribution in [0.15, 0.2) is 11.1 Å². The Bertz CT molecular complexity index is 752. The third-order valence-electron chi connectivity index (χ3n) is 2.32.